The van der Waals surface area contributed by atoms with Crippen LogP contribution < -0.4 is 0 Å². The topological polar surface area (TPSA) is 45.3 Å². The van der Waals surface area contributed by atoms with Crippen LogP contribution in [0.25, 0.3) is 0 Å². The van der Waals surface area contributed by atoms with E-state index in [0.29, 0.717) is 16.8 Å². The van der Waals surface area contributed by atoms with Gasteiger partial charge in [0.05, 0.1) is 5.56 Å². The molecule has 5 heteroatoms. The summed E-state index contributed by atoms with van der Waals surface area (Å²) < 4.78 is 0.405. The van der Waals surface area contributed by atoms with E-state index in [1.807, 2.05) is 30.3 Å². The lowest BCUT2D eigenvalue weighted by molar-refractivity contribution is -0.116. The lowest BCUT2D eigenvalue weighted by Gasteiger charge is -2.16. The summed E-state index contributed by atoms with van der Waals surface area (Å²) in [7, 11) is 1.58. The lowest BCUT2D eigenvalue weighted by atomic mass is 10.2. The summed E-state index contributed by atoms with van der Waals surface area (Å²) in [5.74, 6) is -0.266. The van der Waals surface area contributed by atoms with E-state index in [2.05, 4.69) is 4.98 Å². The Morgan fingerprint density at radius 2 is 2.00 bits per heavy atom. The molecule has 0 saturated carbocycles. The van der Waals surface area contributed by atoms with Crippen LogP contribution in [0.3, 0.4) is 0 Å². The molecule has 98 valence electrons. The van der Waals surface area contributed by atoms with Crippen LogP contribution in [0.5, 0.6) is 0 Å². The van der Waals surface area contributed by atoms with Crippen LogP contribution in [0.15, 0.2) is 48.7 Å². The van der Waals surface area contributed by atoms with Crippen LogP contribution in [0, 0.1) is 4.64 Å². The summed E-state index contributed by atoms with van der Waals surface area (Å²) in [6.07, 6.45) is 1.68. The number of H-pyrrole nitrogens is 1. The predicted molar refractivity (Wildman–Crippen MR) is 75.0 cm³/mol. The second-order valence-corrected chi connectivity index (χ2v) is 4.38. The van der Waals surface area contributed by atoms with Gasteiger partial charge >= 0.3 is 0 Å². The first kappa shape index (κ1) is 13.5. The Labute approximate surface area is 116 Å². The normalized spacial score (nSPS) is 10.2. The molecule has 0 saturated heterocycles. The average Bonchev–Trinajstić information content (AvgIpc) is 2.45. The highest BCUT2D eigenvalue weighted by atomic mass is 32.1. The highest BCUT2D eigenvalue weighted by Crippen LogP contribution is 2.07. The van der Waals surface area contributed by atoms with Gasteiger partial charge in [-0.25, -0.2) is 5.06 Å². The van der Waals surface area contributed by atoms with E-state index in [9.17, 15) is 4.79 Å². The van der Waals surface area contributed by atoms with Crippen LogP contribution >= 0.6 is 12.2 Å². The number of benzene rings is 1. The van der Waals surface area contributed by atoms with E-state index in [1.165, 1.54) is 5.06 Å². The van der Waals surface area contributed by atoms with Gasteiger partial charge in [-0.1, -0.05) is 42.5 Å². The molecule has 1 N–H and O–H groups in total. The van der Waals surface area contributed by atoms with E-state index in [-0.39, 0.29) is 5.91 Å². The van der Waals surface area contributed by atoms with Gasteiger partial charge in [-0.2, -0.15) is 0 Å². The number of carbonyl (C=O) groups excluding carboxylic acids is 1. The minimum atomic E-state index is -0.266. The molecule has 0 aliphatic carbocycles. The molecule has 0 aliphatic rings. The predicted octanol–water partition coefficient (Wildman–Crippen LogP) is 2.95. The number of aromatic nitrogens is 1. The summed E-state index contributed by atoms with van der Waals surface area (Å²) in [5.41, 5.74) is 1.42. The maximum Gasteiger partial charge on any atom is 0.280 e. The molecular formula is C14H14N2O2S. The number of nitrogens with one attached hydrogen (secondary N) is 1. The van der Waals surface area contributed by atoms with Crippen molar-refractivity contribution in [3.8, 4) is 0 Å². The molecule has 2 rings (SSSR count). The Bertz CT molecular complexity index is 610. The molecule has 19 heavy (non-hydrogen) atoms. The quantitative estimate of drug-likeness (QED) is 0.688. The molecule has 1 aromatic carbocycles. The number of hydrogen-bond acceptors (Lipinski definition) is 3. The highest BCUT2D eigenvalue weighted by Gasteiger charge is 2.13. The molecule has 0 radical (unpaired) electrons. The van der Waals surface area contributed by atoms with Crippen LogP contribution in [0.1, 0.15) is 15.9 Å². The van der Waals surface area contributed by atoms with Crippen molar-refractivity contribution in [1.29, 1.82) is 0 Å². The van der Waals surface area contributed by atoms with Gasteiger partial charge < -0.3 is 4.98 Å². The maximum atomic E-state index is 12.1. The first-order chi connectivity index (χ1) is 9.18. The van der Waals surface area contributed by atoms with Gasteiger partial charge in [0.25, 0.3) is 5.91 Å². The van der Waals surface area contributed by atoms with Crippen molar-refractivity contribution in [2.24, 2.45) is 0 Å². The van der Waals surface area contributed by atoms with Gasteiger partial charge in [0.1, 0.15) is 11.2 Å². The Kier molecular flexibility index (Phi) is 4.43. The second kappa shape index (κ2) is 6.26. The summed E-state index contributed by atoms with van der Waals surface area (Å²) in [5, 5.41) is 1.20. The lowest BCUT2D eigenvalue weighted by Crippen LogP contribution is -2.27. The van der Waals surface area contributed by atoms with Crippen molar-refractivity contribution < 1.29 is 9.63 Å². The molecule has 2 aromatic rings. The number of hydroxylamine groups is 2. The third-order valence-electron chi connectivity index (χ3n) is 2.60. The maximum absolute atomic E-state index is 12.1. The summed E-state index contributed by atoms with van der Waals surface area (Å²) in [4.78, 5) is 20.3. The van der Waals surface area contributed by atoms with Crippen LogP contribution in [-0.2, 0) is 11.4 Å². The summed E-state index contributed by atoms with van der Waals surface area (Å²) in [6.45, 7) is 0.340. The molecule has 0 fully saturated rings. The van der Waals surface area contributed by atoms with E-state index < -0.39 is 0 Å². The standard InChI is InChI=1S/C14H14N2O2S/c1-16(18-10-11-6-3-2-4-7-11)14(17)12-8-5-9-15-13(12)19/h2-9H,10H2,1H3,(H,15,19). The van der Waals surface area contributed by atoms with Crippen molar-refractivity contribution >= 4 is 18.1 Å². The largest absolute Gasteiger partial charge is 0.352 e. The summed E-state index contributed by atoms with van der Waals surface area (Å²) in [6, 6.07) is 13.1. The fourth-order valence-electron chi connectivity index (χ4n) is 1.56. The summed E-state index contributed by atoms with van der Waals surface area (Å²) >= 11 is 5.07. The van der Waals surface area contributed by atoms with Gasteiger partial charge in [0.15, 0.2) is 0 Å². The average molecular weight is 274 g/mol. The van der Waals surface area contributed by atoms with Crippen molar-refractivity contribution in [2.75, 3.05) is 7.05 Å². The van der Waals surface area contributed by atoms with Crippen LogP contribution in [0.4, 0.5) is 0 Å². The Morgan fingerprint density at radius 3 is 2.68 bits per heavy atom. The second-order valence-electron chi connectivity index (χ2n) is 3.97. The van der Waals surface area contributed by atoms with E-state index in [0.717, 1.165) is 5.56 Å². The number of hydrogen-bond donors (Lipinski definition) is 1. The first-order valence-electron chi connectivity index (χ1n) is 5.81. The monoisotopic (exact) mass is 274 g/mol. The van der Waals surface area contributed by atoms with E-state index in [1.54, 1.807) is 25.4 Å². The molecule has 0 spiro atoms. The number of pyridine rings is 1. The first-order valence-corrected chi connectivity index (χ1v) is 6.22. The van der Waals surface area contributed by atoms with Crippen LogP contribution in [-0.4, -0.2) is 23.0 Å². The Hall–Kier alpha value is -1.98. The molecule has 1 amide bonds. The molecule has 0 unspecified atom stereocenters. The van der Waals surface area contributed by atoms with Gasteiger partial charge in [0.2, 0.25) is 0 Å². The molecule has 1 heterocycles. The molecule has 4 nitrogen and oxygen atoms in total. The van der Waals surface area contributed by atoms with Gasteiger partial charge in [-0.3, -0.25) is 9.63 Å². The van der Waals surface area contributed by atoms with E-state index >= 15 is 0 Å². The number of nitrogens with zero attached hydrogens (tertiary/aromatic N) is 1. The zero-order valence-corrected chi connectivity index (χ0v) is 11.3. The molecule has 0 aliphatic heterocycles. The van der Waals surface area contributed by atoms with Gasteiger partial charge in [-0.05, 0) is 17.7 Å². The van der Waals surface area contributed by atoms with Crippen molar-refractivity contribution in [2.45, 2.75) is 6.61 Å². The van der Waals surface area contributed by atoms with Gasteiger partial charge in [-0.15, -0.1) is 0 Å². The number of amides is 1. The van der Waals surface area contributed by atoms with Crippen molar-refractivity contribution in [3.05, 3.63) is 64.4 Å². The SMILES string of the molecule is CN(OCc1ccccc1)C(=O)c1ccc[nH]c1=S. The zero-order valence-electron chi connectivity index (χ0n) is 10.5. The number of aromatic amines is 1. The Balaban J connectivity index is 2.01. The minimum absolute atomic E-state index is 0.266. The Morgan fingerprint density at radius 1 is 1.26 bits per heavy atom. The number of rotatable bonds is 4. The number of carbonyl (C=O) groups is 1. The molecule has 0 atom stereocenters. The van der Waals surface area contributed by atoms with Gasteiger partial charge in [0, 0.05) is 13.2 Å². The molecule has 0 bridgehead atoms. The van der Waals surface area contributed by atoms with E-state index in [4.69, 9.17) is 17.1 Å². The fraction of sp³-hybridized carbons (Fsp3) is 0.143. The fourth-order valence-corrected chi connectivity index (χ4v) is 1.79. The highest BCUT2D eigenvalue weighted by molar-refractivity contribution is 7.71. The third kappa shape index (κ3) is 3.49. The zero-order chi connectivity index (χ0) is 13.7. The third-order valence-corrected chi connectivity index (χ3v) is 2.94. The minimum Gasteiger partial charge on any atom is -0.352 e. The molecule has 1 aromatic heterocycles. The van der Waals surface area contributed by atoms with Crippen molar-refractivity contribution in [1.82, 2.24) is 10.0 Å². The molecular weight excluding hydrogens is 260 g/mol. The van der Waals surface area contributed by atoms with Crippen LogP contribution in [0.2, 0.25) is 0 Å². The smallest absolute Gasteiger partial charge is 0.280 e. The van der Waals surface area contributed by atoms with Crippen molar-refractivity contribution in [3.63, 3.8) is 0 Å².